The molecule has 0 atom stereocenters. The molecule has 0 saturated heterocycles. The van der Waals surface area contributed by atoms with Crippen molar-refractivity contribution >= 4 is 22.5 Å². The number of carbonyl (C=O) groups excluding carboxylic acids is 1. The van der Waals surface area contributed by atoms with Crippen LogP contribution in [0.5, 0.6) is 0 Å². The molecular weight excluding hydrogens is 258 g/mol. The van der Waals surface area contributed by atoms with Gasteiger partial charge in [0, 0.05) is 16.8 Å². The molecule has 1 aromatic heterocycles. The van der Waals surface area contributed by atoms with Crippen molar-refractivity contribution in [2.75, 3.05) is 5.32 Å². The first-order valence-electron chi connectivity index (χ1n) is 6.99. The standard InChI is InChI=1S/C14H23N3OS/c1-14(2,3)11-9-19-13(16-11)17-12(18)15-10-7-5-4-6-8-10/h9-10H,4-8H2,1-3H3,(H2,15,16,17,18). The van der Waals surface area contributed by atoms with Crippen molar-refractivity contribution in [3.63, 3.8) is 0 Å². The van der Waals surface area contributed by atoms with E-state index in [1.807, 2.05) is 5.38 Å². The number of thiazole rings is 1. The normalized spacial score (nSPS) is 17.2. The van der Waals surface area contributed by atoms with E-state index in [0.717, 1.165) is 18.5 Å². The Morgan fingerprint density at radius 3 is 2.58 bits per heavy atom. The van der Waals surface area contributed by atoms with Gasteiger partial charge in [0.25, 0.3) is 0 Å². The summed E-state index contributed by atoms with van der Waals surface area (Å²) in [6, 6.07) is 0.206. The molecule has 1 aromatic rings. The van der Waals surface area contributed by atoms with Crippen LogP contribution in [0.3, 0.4) is 0 Å². The van der Waals surface area contributed by atoms with Crippen molar-refractivity contribution in [3.05, 3.63) is 11.1 Å². The molecule has 0 aromatic carbocycles. The Balaban J connectivity index is 1.86. The van der Waals surface area contributed by atoms with Gasteiger partial charge in [-0.2, -0.15) is 0 Å². The number of anilines is 1. The van der Waals surface area contributed by atoms with Crippen LogP contribution in [0.4, 0.5) is 9.93 Å². The van der Waals surface area contributed by atoms with E-state index >= 15 is 0 Å². The van der Waals surface area contributed by atoms with Gasteiger partial charge in [-0.3, -0.25) is 5.32 Å². The lowest BCUT2D eigenvalue weighted by Gasteiger charge is -2.22. The summed E-state index contributed by atoms with van der Waals surface area (Å²) in [5, 5.41) is 8.56. The molecule has 0 radical (unpaired) electrons. The second-order valence-corrected chi connectivity index (χ2v) is 7.08. The molecule has 2 amide bonds. The van der Waals surface area contributed by atoms with Crippen LogP contribution in [0.2, 0.25) is 0 Å². The molecule has 5 heteroatoms. The zero-order valence-corrected chi connectivity index (χ0v) is 12.8. The Kier molecular flexibility index (Phi) is 4.45. The Bertz CT molecular complexity index is 430. The minimum atomic E-state index is -0.123. The summed E-state index contributed by atoms with van der Waals surface area (Å²) in [6.07, 6.45) is 5.92. The molecule has 2 N–H and O–H groups in total. The lowest BCUT2D eigenvalue weighted by atomic mass is 9.93. The SMILES string of the molecule is CC(C)(C)c1csc(NC(=O)NC2CCCCC2)n1. The molecule has 1 fully saturated rings. The maximum atomic E-state index is 11.9. The second-order valence-electron chi connectivity index (χ2n) is 6.22. The van der Waals surface area contributed by atoms with E-state index in [9.17, 15) is 4.79 Å². The number of rotatable bonds is 2. The van der Waals surface area contributed by atoms with Crippen molar-refractivity contribution in [3.8, 4) is 0 Å². The lowest BCUT2D eigenvalue weighted by Crippen LogP contribution is -2.39. The van der Waals surface area contributed by atoms with Crippen LogP contribution in [0, 0.1) is 0 Å². The highest BCUT2D eigenvalue weighted by molar-refractivity contribution is 7.13. The van der Waals surface area contributed by atoms with Gasteiger partial charge in [0.2, 0.25) is 0 Å². The molecule has 0 spiro atoms. The summed E-state index contributed by atoms with van der Waals surface area (Å²) < 4.78 is 0. The summed E-state index contributed by atoms with van der Waals surface area (Å²) >= 11 is 1.48. The predicted molar refractivity (Wildman–Crippen MR) is 79.8 cm³/mol. The van der Waals surface area contributed by atoms with E-state index in [2.05, 4.69) is 36.4 Å². The van der Waals surface area contributed by atoms with E-state index < -0.39 is 0 Å². The molecule has 0 unspecified atom stereocenters. The van der Waals surface area contributed by atoms with Crippen LogP contribution in [0.25, 0.3) is 0 Å². The van der Waals surface area contributed by atoms with Gasteiger partial charge in [-0.25, -0.2) is 9.78 Å². The zero-order valence-electron chi connectivity index (χ0n) is 12.0. The molecule has 1 saturated carbocycles. The topological polar surface area (TPSA) is 54.0 Å². The number of aromatic nitrogens is 1. The maximum Gasteiger partial charge on any atom is 0.321 e. The van der Waals surface area contributed by atoms with E-state index in [4.69, 9.17) is 0 Å². The van der Waals surface area contributed by atoms with Gasteiger partial charge in [-0.05, 0) is 12.8 Å². The Morgan fingerprint density at radius 2 is 2.00 bits per heavy atom. The third-order valence-electron chi connectivity index (χ3n) is 3.43. The minimum absolute atomic E-state index is 0.0241. The van der Waals surface area contributed by atoms with E-state index in [1.54, 1.807) is 0 Å². The first kappa shape index (κ1) is 14.3. The average Bonchev–Trinajstić information content (AvgIpc) is 2.78. The van der Waals surface area contributed by atoms with Crippen LogP contribution < -0.4 is 10.6 Å². The molecule has 0 bridgehead atoms. The third-order valence-corrected chi connectivity index (χ3v) is 4.19. The molecule has 106 valence electrons. The van der Waals surface area contributed by atoms with Gasteiger partial charge < -0.3 is 5.32 Å². The summed E-state index contributed by atoms with van der Waals surface area (Å²) in [6.45, 7) is 6.36. The molecule has 19 heavy (non-hydrogen) atoms. The van der Waals surface area contributed by atoms with Gasteiger partial charge in [0.05, 0.1) is 5.69 Å². The Morgan fingerprint density at radius 1 is 1.32 bits per heavy atom. The average molecular weight is 281 g/mol. The lowest BCUT2D eigenvalue weighted by molar-refractivity contribution is 0.244. The number of amides is 2. The van der Waals surface area contributed by atoms with Crippen LogP contribution in [0.1, 0.15) is 58.6 Å². The number of urea groups is 1. The summed E-state index contributed by atoms with van der Waals surface area (Å²) in [4.78, 5) is 16.3. The number of nitrogens with zero attached hydrogens (tertiary/aromatic N) is 1. The first-order chi connectivity index (χ1) is 8.95. The monoisotopic (exact) mass is 281 g/mol. The van der Waals surface area contributed by atoms with Crippen molar-refractivity contribution < 1.29 is 4.79 Å². The zero-order chi connectivity index (χ0) is 13.9. The molecule has 2 rings (SSSR count). The van der Waals surface area contributed by atoms with Gasteiger partial charge in [-0.15, -0.1) is 11.3 Å². The van der Waals surface area contributed by atoms with E-state index in [0.29, 0.717) is 11.2 Å². The Hall–Kier alpha value is -1.10. The summed E-state index contributed by atoms with van der Waals surface area (Å²) in [7, 11) is 0. The van der Waals surface area contributed by atoms with E-state index in [1.165, 1.54) is 30.6 Å². The molecule has 4 nitrogen and oxygen atoms in total. The largest absolute Gasteiger partial charge is 0.335 e. The maximum absolute atomic E-state index is 11.9. The van der Waals surface area contributed by atoms with Gasteiger partial charge in [-0.1, -0.05) is 40.0 Å². The predicted octanol–water partition coefficient (Wildman–Crippen LogP) is 3.89. The molecule has 1 aliphatic rings. The highest BCUT2D eigenvalue weighted by Crippen LogP contribution is 2.26. The summed E-state index contributed by atoms with van der Waals surface area (Å²) in [5.41, 5.74) is 1.04. The number of hydrogen-bond acceptors (Lipinski definition) is 3. The Labute approximate surface area is 119 Å². The third kappa shape index (κ3) is 4.20. The van der Waals surface area contributed by atoms with Crippen molar-refractivity contribution in [2.45, 2.75) is 64.3 Å². The van der Waals surface area contributed by atoms with Crippen LogP contribution in [0.15, 0.2) is 5.38 Å². The van der Waals surface area contributed by atoms with Crippen LogP contribution in [-0.4, -0.2) is 17.1 Å². The van der Waals surface area contributed by atoms with Crippen LogP contribution >= 0.6 is 11.3 Å². The van der Waals surface area contributed by atoms with Crippen molar-refractivity contribution in [1.29, 1.82) is 0 Å². The van der Waals surface area contributed by atoms with Crippen LogP contribution in [-0.2, 0) is 5.41 Å². The fourth-order valence-corrected chi connectivity index (χ4v) is 3.17. The van der Waals surface area contributed by atoms with Crippen molar-refractivity contribution in [2.24, 2.45) is 0 Å². The fraction of sp³-hybridized carbons (Fsp3) is 0.714. The number of hydrogen-bond donors (Lipinski definition) is 2. The molecular formula is C14H23N3OS. The first-order valence-corrected chi connectivity index (χ1v) is 7.86. The van der Waals surface area contributed by atoms with E-state index in [-0.39, 0.29) is 11.4 Å². The molecule has 1 aliphatic carbocycles. The number of nitrogens with one attached hydrogen (secondary N) is 2. The fourth-order valence-electron chi connectivity index (χ4n) is 2.24. The van der Waals surface area contributed by atoms with Gasteiger partial charge in [0.1, 0.15) is 0 Å². The highest BCUT2D eigenvalue weighted by Gasteiger charge is 2.19. The molecule has 0 aliphatic heterocycles. The molecule has 1 heterocycles. The second kappa shape index (κ2) is 5.90. The quantitative estimate of drug-likeness (QED) is 0.864. The van der Waals surface area contributed by atoms with Crippen molar-refractivity contribution in [1.82, 2.24) is 10.3 Å². The smallest absolute Gasteiger partial charge is 0.321 e. The van der Waals surface area contributed by atoms with Gasteiger partial charge >= 0.3 is 6.03 Å². The number of carbonyl (C=O) groups is 1. The highest BCUT2D eigenvalue weighted by atomic mass is 32.1. The van der Waals surface area contributed by atoms with Gasteiger partial charge in [0.15, 0.2) is 5.13 Å². The summed E-state index contributed by atoms with van der Waals surface area (Å²) in [5.74, 6) is 0. The minimum Gasteiger partial charge on any atom is -0.335 e.